The van der Waals surface area contributed by atoms with Crippen LogP contribution in [0.15, 0.2) is 30.3 Å². The van der Waals surface area contributed by atoms with Crippen LogP contribution in [0.3, 0.4) is 0 Å². The van der Waals surface area contributed by atoms with Gasteiger partial charge in [-0.25, -0.2) is 4.79 Å². The van der Waals surface area contributed by atoms with Crippen molar-refractivity contribution in [2.75, 3.05) is 0 Å². The van der Waals surface area contributed by atoms with Crippen LogP contribution in [-0.4, -0.2) is 24.4 Å². The lowest BCUT2D eigenvalue weighted by Crippen LogP contribution is -2.51. The number of benzene rings is 1. The lowest BCUT2D eigenvalue weighted by Gasteiger charge is -2.28. The van der Waals surface area contributed by atoms with Crippen LogP contribution in [0.2, 0.25) is 0 Å². The molecule has 0 aliphatic rings. The van der Waals surface area contributed by atoms with E-state index in [0.29, 0.717) is 0 Å². The quantitative estimate of drug-likeness (QED) is 0.437. The fourth-order valence-electron chi connectivity index (χ4n) is 2.94. The zero-order valence-electron chi connectivity index (χ0n) is 16.9. The van der Waals surface area contributed by atoms with Crippen molar-refractivity contribution in [1.82, 2.24) is 10.6 Å². The van der Waals surface area contributed by atoms with E-state index in [4.69, 9.17) is 0 Å². The largest absolute Gasteiger partial charge is 0.335 e. The predicted molar refractivity (Wildman–Crippen MR) is 108 cm³/mol. The summed E-state index contributed by atoms with van der Waals surface area (Å²) in [5, 5.41) is 5.90. The number of hydrogen-bond acceptors (Lipinski definition) is 2. The number of carbonyl (C=O) groups excluding carboxylic acids is 2. The highest BCUT2D eigenvalue weighted by atomic mass is 16.2. The van der Waals surface area contributed by atoms with Crippen molar-refractivity contribution in [3.8, 4) is 0 Å². The highest BCUT2D eigenvalue weighted by molar-refractivity contribution is 5.78. The van der Waals surface area contributed by atoms with Crippen molar-refractivity contribution in [3.63, 3.8) is 0 Å². The molecule has 0 heterocycles. The Morgan fingerprint density at radius 3 is 2.27 bits per heavy atom. The number of nitrogens with one attached hydrogen (secondary N) is 2. The molecule has 2 atom stereocenters. The van der Waals surface area contributed by atoms with Crippen LogP contribution in [0.1, 0.15) is 71.8 Å². The molecule has 2 N–H and O–H groups in total. The van der Waals surface area contributed by atoms with Crippen molar-refractivity contribution in [2.24, 2.45) is 5.41 Å². The molecule has 1 rings (SSSR count). The molecule has 2 amide bonds. The third kappa shape index (κ3) is 9.02. The second-order valence-corrected chi connectivity index (χ2v) is 8.19. The molecule has 2 unspecified atom stereocenters. The predicted octanol–water partition coefficient (Wildman–Crippen LogP) is 4.87. The van der Waals surface area contributed by atoms with Gasteiger partial charge in [0.15, 0.2) is 0 Å². The van der Waals surface area contributed by atoms with E-state index >= 15 is 0 Å². The van der Waals surface area contributed by atoms with Gasteiger partial charge in [0.1, 0.15) is 6.29 Å². The fraction of sp³-hybridized carbons (Fsp3) is 0.636. The van der Waals surface area contributed by atoms with Crippen molar-refractivity contribution in [3.05, 3.63) is 35.9 Å². The van der Waals surface area contributed by atoms with Crippen LogP contribution in [0.5, 0.6) is 0 Å². The monoisotopic (exact) mass is 360 g/mol. The SMILES string of the molecule is CCCCCCCC(Cc1ccccc1)NC(=O)NC(C=O)C(C)(C)C. The molecule has 0 saturated heterocycles. The molecule has 0 spiro atoms. The van der Waals surface area contributed by atoms with E-state index in [1.165, 1.54) is 31.2 Å². The molecule has 0 bridgehead atoms. The Bertz CT molecular complexity index is 523. The van der Waals surface area contributed by atoms with E-state index in [-0.39, 0.29) is 17.5 Å². The van der Waals surface area contributed by atoms with Crippen molar-refractivity contribution < 1.29 is 9.59 Å². The van der Waals surface area contributed by atoms with Crippen LogP contribution >= 0.6 is 0 Å². The molecule has 1 aromatic rings. The first-order valence-electron chi connectivity index (χ1n) is 9.93. The molecule has 0 radical (unpaired) electrons. The minimum atomic E-state index is -0.496. The van der Waals surface area contributed by atoms with Crippen molar-refractivity contribution in [2.45, 2.75) is 84.7 Å². The Hall–Kier alpha value is -1.84. The second kappa shape index (κ2) is 11.7. The van der Waals surface area contributed by atoms with E-state index in [9.17, 15) is 9.59 Å². The minimum Gasteiger partial charge on any atom is -0.335 e. The van der Waals surface area contributed by atoms with Gasteiger partial charge >= 0.3 is 6.03 Å². The molecule has 0 aromatic heterocycles. The number of unbranched alkanes of at least 4 members (excludes halogenated alkanes) is 4. The number of amides is 2. The van der Waals surface area contributed by atoms with Crippen LogP contribution < -0.4 is 10.6 Å². The smallest absolute Gasteiger partial charge is 0.315 e. The minimum absolute atomic E-state index is 0.0753. The van der Waals surface area contributed by atoms with Crippen LogP contribution in [-0.2, 0) is 11.2 Å². The Balaban J connectivity index is 2.61. The maximum absolute atomic E-state index is 12.4. The number of carbonyl (C=O) groups is 2. The summed E-state index contributed by atoms with van der Waals surface area (Å²) < 4.78 is 0. The second-order valence-electron chi connectivity index (χ2n) is 8.19. The molecule has 4 nitrogen and oxygen atoms in total. The van der Waals surface area contributed by atoms with Crippen LogP contribution in [0, 0.1) is 5.41 Å². The zero-order chi connectivity index (χ0) is 19.4. The van der Waals surface area contributed by atoms with E-state index in [1.807, 2.05) is 39.0 Å². The lowest BCUT2D eigenvalue weighted by molar-refractivity contribution is -0.111. The van der Waals surface area contributed by atoms with Gasteiger partial charge < -0.3 is 15.4 Å². The van der Waals surface area contributed by atoms with Gasteiger partial charge in [0.2, 0.25) is 0 Å². The normalized spacial score (nSPS) is 13.7. The van der Waals surface area contributed by atoms with Gasteiger partial charge in [-0.15, -0.1) is 0 Å². The summed E-state index contributed by atoms with van der Waals surface area (Å²) in [6.45, 7) is 8.05. The molecule has 0 fully saturated rings. The van der Waals surface area contributed by atoms with Gasteiger partial charge in [0, 0.05) is 6.04 Å². The fourth-order valence-corrected chi connectivity index (χ4v) is 2.94. The van der Waals surface area contributed by atoms with E-state index in [1.54, 1.807) is 0 Å². The average Bonchev–Trinajstić information content (AvgIpc) is 2.59. The number of hydrogen-bond donors (Lipinski definition) is 2. The molecular weight excluding hydrogens is 324 g/mol. The third-order valence-electron chi connectivity index (χ3n) is 4.67. The van der Waals surface area contributed by atoms with Gasteiger partial charge in [-0.3, -0.25) is 0 Å². The highest BCUT2D eigenvalue weighted by Crippen LogP contribution is 2.17. The van der Waals surface area contributed by atoms with E-state index in [2.05, 4.69) is 29.7 Å². The maximum Gasteiger partial charge on any atom is 0.315 e. The Morgan fingerprint density at radius 2 is 1.69 bits per heavy atom. The van der Waals surface area contributed by atoms with Crippen molar-refractivity contribution >= 4 is 12.3 Å². The molecule has 0 aliphatic carbocycles. The van der Waals surface area contributed by atoms with Crippen molar-refractivity contribution in [1.29, 1.82) is 0 Å². The van der Waals surface area contributed by atoms with Gasteiger partial charge in [-0.2, -0.15) is 0 Å². The number of aldehydes is 1. The maximum atomic E-state index is 12.4. The van der Waals surface area contributed by atoms with Crippen LogP contribution in [0.4, 0.5) is 4.79 Å². The van der Waals surface area contributed by atoms with Gasteiger partial charge in [0.25, 0.3) is 0 Å². The molecule has 146 valence electrons. The molecule has 4 heteroatoms. The first kappa shape index (κ1) is 22.2. The number of rotatable bonds is 11. The molecule has 26 heavy (non-hydrogen) atoms. The Kier molecular flexibility index (Phi) is 10.0. The summed E-state index contributed by atoms with van der Waals surface area (Å²) >= 11 is 0. The third-order valence-corrected chi connectivity index (χ3v) is 4.67. The first-order valence-corrected chi connectivity index (χ1v) is 9.93. The van der Waals surface area contributed by atoms with E-state index in [0.717, 1.165) is 25.5 Å². The lowest BCUT2D eigenvalue weighted by atomic mass is 9.88. The van der Waals surface area contributed by atoms with Crippen LogP contribution in [0.25, 0.3) is 0 Å². The van der Waals surface area contributed by atoms with E-state index < -0.39 is 6.04 Å². The summed E-state index contributed by atoms with van der Waals surface area (Å²) in [5.41, 5.74) is 0.919. The molecule has 1 aromatic carbocycles. The topological polar surface area (TPSA) is 58.2 Å². The van der Waals surface area contributed by atoms with Gasteiger partial charge in [-0.1, -0.05) is 90.1 Å². The summed E-state index contributed by atoms with van der Waals surface area (Å²) in [6.07, 6.45) is 8.62. The molecule has 0 saturated carbocycles. The number of urea groups is 1. The summed E-state index contributed by atoms with van der Waals surface area (Å²) in [7, 11) is 0. The zero-order valence-corrected chi connectivity index (χ0v) is 16.9. The van der Waals surface area contributed by atoms with Gasteiger partial charge in [0.05, 0.1) is 6.04 Å². The summed E-state index contributed by atoms with van der Waals surface area (Å²) in [5.74, 6) is 0. The average molecular weight is 361 g/mol. The summed E-state index contributed by atoms with van der Waals surface area (Å²) in [4.78, 5) is 23.7. The molecule has 0 aliphatic heterocycles. The molecular formula is C22H36N2O2. The standard InChI is InChI=1S/C22H36N2O2/c1-5-6-7-8-12-15-19(16-18-13-10-9-11-14-18)23-21(26)24-20(17-25)22(2,3)4/h9-11,13-14,17,19-20H,5-8,12,15-16H2,1-4H3,(H2,23,24,26). The summed E-state index contributed by atoms with van der Waals surface area (Å²) in [6, 6.07) is 9.55. The first-order chi connectivity index (χ1) is 12.4. The Labute approximate surface area is 159 Å². The highest BCUT2D eigenvalue weighted by Gasteiger charge is 2.26. The van der Waals surface area contributed by atoms with Gasteiger partial charge in [-0.05, 0) is 23.8 Å². The Morgan fingerprint density at radius 1 is 1.04 bits per heavy atom.